The van der Waals surface area contributed by atoms with Crippen LogP contribution >= 0.6 is 0 Å². The Morgan fingerprint density at radius 1 is 0.938 bits per heavy atom. The summed E-state index contributed by atoms with van der Waals surface area (Å²) in [6.07, 6.45) is 5.60. The highest BCUT2D eigenvalue weighted by Gasteiger charge is 2.29. The Hall–Kier alpha value is -3.04. The molecule has 0 saturated carbocycles. The summed E-state index contributed by atoms with van der Waals surface area (Å²) in [4.78, 5) is 12.6. The Morgan fingerprint density at radius 3 is 2.28 bits per heavy atom. The largest absolute Gasteiger partial charge is 0.497 e. The Balaban J connectivity index is 1.82. The smallest absolute Gasteiger partial charge is 0.248 e. The molecule has 32 heavy (non-hydrogen) atoms. The van der Waals surface area contributed by atoms with Crippen LogP contribution in [0.3, 0.4) is 0 Å². The molecule has 0 radical (unpaired) electrons. The van der Waals surface area contributed by atoms with E-state index in [1.807, 2.05) is 0 Å². The Labute approximate surface area is 188 Å². The highest BCUT2D eigenvalue weighted by atomic mass is 32.2. The summed E-state index contributed by atoms with van der Waals surface area (Å²) in [7, 11) is 0.795. The number of carbonyl (C=O) groups excluding carboxylic acids is 1. The summed E-state index contributed by atoms with van der Waals surface area (Å²) in [5, 5.41) is 2.74. The topological polar surface area (TPSA) is 94.2 Å². The van der Waals surface area contributed by atoms with Crippen LogP contribution in [-0.4, -0.2) is 53.0 Å². The maximum absolute atomic E-state index is 13.1. The fourth-order valence-electron chi connectivity index (χ4n) is 3.50. The van der Waals surface area contributed by atoms with Crippen molar-refractivity contribution in [1.82, 2.24) is 4.31 Å². The highest BCUT2D eigenvalue weighted by Crippen LogP contribution is 2.31. The van der Waals surface area contributed by atoms with Crippen LogP contribution < -0.4 is 19.5 Å². The van der Waals surface area contributed by atoms with Crippen molar-refractivity contribution < 1.29 is 27.4 Å². The average molecular weight is 461 g/mol. The zero-order valence-corrected chi connectivity index (χ0v) is 19.3. The summed E-state index contributed by atoms with van der Waals surface area (Å²) >= 11 is 0. The lowest BCUT2D eigenvalue weighted by Crippen LogP contribution is -2.35. The van der Waals surface area contributed by atoms with Crippen molar-refractivity contribution in [3.05, 3.63) is 48.0 Å². The molecular weight excluding hydrogens is 432 g/mol. The molecule has 0 atom stereocenters. The van der Waals surface area contributed by atoms with Gasteiger partial charge in [-0.25, -0.2) is 8.42 Å². The van der Waals surface area contributed by atoms with Crippen LogP contribution in [0.5, 0.6) is 17.2 Å². The van der Waals surface area contributed by atoms with E-state index in [1.54, 1.807) is 36.4 Å². The van der Waals surface area contributed by atoms with E-state index in [0.29, 0.717) is 35.8 Å². The SMILES string of the molecule is COc1ccc(OC)c(NC(=O)C=Cc2ccc(OC)c(S(=O)(=O)N3CCCCC3)c2)c1. The first-order chi connectivity index (χ1) is 15.4. The molecule has 0 aliphatic carbocycles. The summed E-state index contributed by atoms with van der Waals surface area (Å²) in [5.74, 6) is 0.950. The number of benzene rings is 2. The quantitative estimate of drug-likeness (QED) is 0.606. The average Bonchev–Trinajstić information content (AvgIpc) is 2.83. The Kier molecular flexibility index (Phi) is 7.76. The predicted molar refractivity (Wildman–Crippen MR) is 123 cm³/mol. The minimum atomic E-state index is -3.69. The van der Waals surface area contributed by atoms with Crippen LogP contribution in [-0.2, 0) is 14.8 Å². The molecule has 0 aromatic heterocycles. The number of methoxy groups -OCH3 is 3. The number of sulfonamides is 1. The van der Waals surface area contributed by atoms with Gasteiger partial charge in [-0.15, -0.1) is 0 Å². The van der Waals surface area contributed by atoms with E-state index in [4.69, 9.17) is 14.2 Å². The van der Waals surface area contributed by atoms with E-state index in [1.165, 1.54) is 37.8 Å². The molecule has 9 heteroatoms. The third-order valence-corrected chi connectivity index (χ3v) is 7.13. The van der Waals surface area contributed by atoms with E-state index in [0.717, 1.165) is 19.3 Å². The second-order valence-corrected chi connectivity index (χ2v) is 9.17. The van der Waals surface area contributed by atoms with Gasteiger partial charge in [0.1, 0.15) is 22.1 Å². The lowest BCUT2D eigenvalue weighted by molar-refractivity contribution is -0.111. The first-order valence-corrected chi connectivity index (χ1v) is 11.7. The third kappa shape index (κ3) is 5.41. The van der Waals surface area contributed by atoms with Crippen molar-refractivity contribution in [1.29, 1.82) is 0 Å². The molecule has 1 aliphatic rings. The van der Waals surface area contributed by atoms with Crippen LogP contribution in [0.1, 0.15) is 24.8 Å². The second kappa shape index (κ2) is 10.5. The van der Waals surface area contributed by atoms with Gasteiger partial charge in [0, 0.05) is 25.2 Å². The van der Waals surface area contributed by atoms with Crippen molar-refractivity contribution in [3.8, 4) is 17.2 Å². The summed E-state index contributed by atoms with van der Waals surface area (Å²) in [6, 6.07) is 9.90. The van der Waals surface area contributed by atoms with Gasteiger partial charge < -0.3 is 19.5 Å². The number of nitrogens with one attached hydrogen (secondary N) is 1. The molecule has 0 bridgehead atoms. The van der Waals surface area contributed by atoms with Crippen LogP contribution in [0.2, 0.25) is 0 Å². The number of anilines is 1. The van der Waals surface area contributed by atoms with Crippen LogP contribution in [0.15, 0.2) is 47.4 Å². The van der Waals surface area contributed by atoms with Crippen LogP contribution in [0.4, 0.5) is 5.69 Å². The molecule has 1 saturated heterocycles. The number of amides is 1. The molecular formula is C23H28N2O6S. The standard InChI is InChI=1S/C23H28N2O6S/c1-29-18-9-11-20(30-2)19(16-18)24-23(26)12-8-17-7-10-21(31-3)22(15-17)32(27,28)25-13-5-4-6-14-25/h7-12,15-16H,4-6,13-14H2,1-3H3,(H,24,26). The Morgan fingerprint density at radius 2 is 1.62 bits per heavy atom. The fraction of sp³-hybridized carbons (Fsp3) is 0.348. The maximum Gasteiger partial charge on any atom is 0.248 e. The van der Waals surface area contributed by atoms with Crippen molar-refractivity contribution in [2.45, 2.75) is 24.2 Å². The number of hydrogen-bond donors (Lipinski definition) is 1. The molecule has 2 aromatic carbocycles. The molecule has 1 N–H and O–H groups in total. The van der Waals surface area contributed by atoms with Crippen molar-refractivity contribution >= 4 is 27.7 Å². The van der Waals surface area contributed by atoms with Crippen molar-refractivity contribution in [2.24, 2.45) is 0 Å². The number of hydrogen-bond acceptors (Lipinski definition) is 6. The zero-order chi connectivity index (χ0) is 23.1. The fourth-order valence-corrected chi connectivity index (χ4v) is 5.21. The second-order valence-electron chi connectivity index (χ2n) is 7.26. The minimum absolute atomic E-state index is 0.0962. The Bertz CT molecular complexity index is 1090. The monoisotopic (exact) mass is 460 g/mol. The lowest BCUT2D eigenvalue weighted by atomic mass is 10.2. The van der Waals surface area contributed by atoms with Gasteiger partial charge in [0.15, 0.2) is 0 Å². The van der Waals surface area contributed by atoms with E-state index < -0.39 is 15.9 Å². The molecule has 1 fully saturated rings. The van der Waals surface area contributed by atoms with Gasteiger partial charge in [0.25, 0.3) is 0 Å². The van der Waals surface area contributed by atoms with Crippen molar-refractivity contribution in [3.63, 3.8) is 0 Å². The van der Waals surface area contributed by atoms with Gasteiger partial charge in [-0.3, -0.25) is 4.79 Å². The summed E-state index contributed by atoms with van der Waals surface area (Å²) in [5.41, 5.74) is 1.03. The van der Waals surface area contributed by atoms with Crippen LogP contribution in [0, 0.1) is 0 Å². The van der Waals surface area contributed by atoms with Gasteiger partial charge in [-0.05, 0) is 48.7 Å². The van der Waals surface area contributed by atoms with E-state index in [9.17, 15) is 13.2 Å². The van der Waals surface area contributed by atoms with E-state index in [-0.39, 0.29) is 10.6 Å². The first kappa shape index (κ1) is 23.6. The predicted octanol–water partition coefficient (Wildman–Crippen LogP) is 3.54. The lowest BCUT2D eigenvalue weighted by Gasteiger charge is -2.26. The number of carbonyl (C=O) groups is 1. The molecule has 172 valence electrons. The number of rotatable bonds is 8. The third-order valence-electron chi connectivity index (χ3n) is 5.21. The van der Waals surface area contributed by atoms with Gasteiger partial charge in [0.05, 0.1) is 27.0 Å². The molecule has 8 nitrogen and oxygen atoms in total. The number of nitrogens with zero attached hydrogens (tertiary/aromatic N) is 1. The van der Waals surface area contributed by atoms with Gasteiger partial charge in [-0.1, -0.05) is 12.5 Å². The van der Waals surface area contributed by atoms with E-state index >= 15 is 0 Å². The molecule has 1 aliphatic heterocycles. The van der Waals surface area contributed by atoms with Gasteiger partial charge in [-0.2, -0.15) is 4.31 Å². The maximum atomic E-state index is 13.1. The van der Waals surface area contributed by atoms with E-state index in [2.05, 4.69) is 5.32 Å². The molecule has 0 unspecified atom stereocenters. The van der Waals surface area contributed by atoms with Gasteiger partial charge >= 0.3 is 0 Å². The first-order valence-electron chi connectivity index (χ1n) is 10.3. The molecule has 1 heterocycles. The molecule has 1 amide bonds. The van der Waals surface area contributed by atoms with Crippen molar-refractivity contribution in [2.75, 3.05) is 39.7 Å². The molecule has 3 rings (SSSR count). The van der Waals surface area contributed by atoms with Crippen LogP contribution in [0.25, 0.3) is 6.08 Å². The summed E-state index contributed by atoms with van der Waals surface area (Å²) < 4.78 is 43.5. The molecule has 0 spiro atoms. The highest BCUT2D eigenvalue weighted by molar-refractivity contribution is 7.89. The summed E-state index contributed by atoms with van der Waals surface area (Å²) in [6.45, 7) is 0.993. The minimum Gasteiger partial charge on any atom is -0.497 e. The number of ether oxygens (including phenoxy) is 3. The van der Waals surface area contributed by atoms with Gasteiger partial charge in [0.2, 0.25) is 15.9 Å². The number of piperidine rings is 1. The normalized spacial score (nSPS) is 14.8. The zero-order valence-electron chi connectivity index (χ0n) is 18.5. The molecule has 2 aromatic rings.